The monoisotopic (exact) mass is 211 g/mol. The van der Waals surface area contributed by atoms with Crippen LogP contribution < -0.4 is 0 Å². The first kappa shape index (κ1) is 11.2. The molecule has 1 aromatic rings. The van der Waals surface area contributed by atoms with E-state index in [2.05, 4.69) is 18.8 Å². The van der Waals surface area contributed by atoms with Crippen LogP contribution in [0.2, 0.25) is 5.02 Å². The summed E-state index contributed by atoms with van der Waals surface area (Å²) in [7, 11) is 0. The van der Waals surface area contributed by atoms with Crippen molar-refractivity contribution in [2.75, 3.05) is 0 Å². The smallest absolute Gasteiger partial charge is 0.161 e. The molecule has 0 saturated carbocycles. The van der Waals surface area contributed by atoms with E-state index in [1.54, 1.807) is 19.2 Å². The van der Waals surface area contributed by atoms with Crippen LogP contribution in [0.15, 0.2) is 12.3 Å². The molecular formula is C11H14ClNO. The second-order valence-electron chi connectivity index (χ2n) is 3.45. The Hall–Kier alpha value is -0.890. The SMILES string of the molecule is CC[C@H](C)c1ncc(Cl)cc1C(C)=O. The first-order chi connectivity index (χ1) is 6.56. The van der Waals surface area contributed by atoms with Crippen molar-refractivity contribution in [3.8, 4) is 0 Å². The minimum Gasteiger partial charge on any atom is -0.294 e. The maximum atomic E-state index is 11.3. The maximum absolute atomic E-state index is 11.3. The van der Waals surface area contributed by atoms with Gasteiger partial charge in [0, 0.05) is 11.8 Å². The molecule has 3 heteroatoms. The van der Waals surface area contributed by atoms with Gasteiger partial charge in [-0.15, -0.1) is 0 Å². The first-order valence-electron chi connectivity index (χ1n) is 4.72. The van der Waals surface area contributed by atoms with E-state index in [1.165, 1.54) is 0 Å². The molecule has 0 fully saturated rings. The molecular weight excluding hydrogens is 198 g/mol. The molecule has 1 heterocycles. The summed E-state index contributed by atoms with van der Waals surface area (Å²) in [4.78, 5) is 15.6. The van der Waals surface area contributed by atoms with E-state index < -0.39 is 0 Å². The Labute approximate surface area is 89.3 Å². The lowest BCUT2D eigenvalue weighted by molar-refractivity contribution is 0.101. The van der Waals surface area contributed by atoms with E-state index >= 15 is 0 Å². The molecule has 1 aromatic heterocycles. The number of carbonyl (C=O) groups is 1. The molecule has 0 aliphatic heterocycles. The summed E-state index contributed by atoms with van der Waals surface area (Å²) in [6.07, 6.45) is 2.56. The van der Waals surface area contributed by atoms with Crippen LogP contribution in [-0.2, 0) is 0 Å². The Morgan fingerprint density at radius 1 is 1.64 bits per heavy atom. The van der Waals surface area contributed by atoms with Gasteiger partial charge in [-0.3, -0.25) is 9.78 Å². The van der Waals surface area contributed by atoms with E-state index in [9.17, 15) is 4.79 Å². The Morgan fingerprint density at radius 2 is 2.29 bits per heavy atom. The average Bonchev–Trinajstić information content (AvgIpc) is 2.16. The number of pyridine rings is 1. The van der Waals surface area contributed by atoms with Crippen LogP contribution in [0.5, 0.6) is 0 Å². The summed E-state index contributed by atoms with van der Waals surface area (Å²) in [5.41, 5.74) is 1.50. The molecule has 0 aliphatic rings. The molecule has 1 rings (SSSR count). The molecule has 0 aromatic carbocycles. The van der Waals surface area contributed by atoms with Crippen molar-refractivity contribution in [3.63, 3.8) is 0 Å². The highest BCUT2D eigenvalue weighted by molar-refractivity contribution is 6.30. The topological polar surface area (TPSA) is 30.0 Å². The fraction of sp³-hybridized carbons (Fsp3) is 0.455. The number of rotatable bonds is 3. The van der Waals surface area contributed by atoms with Crippen molar-refractivity contribution in [1.82, 2.24) is 4.98 Å². The number of nitrogens with zero attached hydrogens (tertiary/aromatic N) is 1. The fourth-order valence-electron chi connectivity index (χ4n) is 1.32. The summed E-state index contributed by atoms with van der Waals surface area (Å²) in [6.45, 7) is 5.67. The summed E-state index contributed by atoms with van der Waals surface area (Å²) in [5.74, 6) is 0.321. The van der Waals surface area contributed by atoms with Gasteiger partial charge in [-0.05, 0) is 25.3 Å². The van der Waals surface area contributed by atoms with Gasteiger partial charge in [0.05, 0.1) is 10.7 Å². The van der Waals surface area contributed by atoms with Gasteiger partial charge in [0.15, 0.2) is 5.78 Å². The Morgan fingerprint density at radius 3 is 2.79 bits per heavy atom. The van der Waals surface area contributed by atoms with Gasteiger partial charge in [0.2, 0.25) is 0 Å². The number of hydrogen-bond acceptors (Lipinski definition) is 2. The van der Waals surface area contributed by atoms with Crippen molar-refractivity contribution < 1.29 is 4.79 Å². The number of ketones is 1. The van der Waals surface area contributed by atoms with Crippen molar-refractivity contribution in [3.05, 3.63) is 28.5 Å². The highest BCUT2D eigenvalue weighted by atomic mass is 35.5. The summed E-state index contributed by atoms with van der Waals surface area (Å²) >= 11 is 5.79. The van der Waals surface area contributed by atoms with Crippen molar-refractivity contribution >= 4 is 17.4 Å². The summed E-state index contributed by atoms with van der Waals surface area (Å²) in [5, 5.41) is 0.516. The quantitative estimate of drug-likeness (QED) is 0.717. The van der Waals surface area contributed by atoms with E-state index in [1.807, 2.05) is 0 Å². The number of aromatic nitrogens is 1. The zero-order chi connectivity index (χ0) is 10.7. The highest BCUT2D eigenvalue weighted by Crippen LogP contribution is 2.23. The lowest BCUT2D eigenvalue weighted by Crippen LogP contribution is -2.05. The van der Waals surface area contributed by atoms with Crippen LogP contribution in [0.4, 0.5) is 0 Å². The summed E-state index contributed by atoms with van der Waals surface area (Å²) in [6, 6.07) is 1.69. The minimum atomic E-state index is 0.0234. The molecule has 0 amide bonds. The largest absolute Gasteiger partial charge is 0.294 e. The molecule has 14 heavy (non-hydrogen) atoms. The second kappa shape index (κ2) is 4.56. The molecule has 0 radical (unpaired) electrons. The third-order valence-electron chi connectivity index (χ3n) is 2.34. The normalized spacial score (nSPS) is 12.6. The molecule has 0 unspecified atom stereocenters. The van der Waals surface area contributed by atoms with Crippen molar-refractivity contribution in [2.45, 2.75) is 33.1 Å². The number of Topliss-reactive ketones (excluding diaryl/α,β-unsaturated/α-hetero) is 1. The van der Waals surface area contributed by atoms with E-state index in [0.717, 1.165) is 12.1 Å². The van der Waals surface area contributed by atoms with E-state index in [0.29, 0.717) is 16.5 Å². The predicted octanol–water partition coefficient (Wildman–Crippen LogP) is 3.45. The van der Waals surface area contributed by atoms with E-state index in [4.69, 9.17) is 11.6 Å². The van der Waals surface area contributed by atoms with Crippen LogP contribution in [0, 0.1) is 0 Å². The minimum absolute atomic E-state index is 0.0234. The van der Waals surface area contributed by atoms with Gasteiger partial charge in [-0.25, -0.2) is 0 Å². The van der Waals surface area contributed by atoms with Crippen LogP contribution in [0.25, 0.3) is 0 Å². The fourth-order valence-corrected chi connectivity index (χ4v) is 1.48. The number of carbonyl (C=O) groups excluding carboxylic acids is 1. The molecule has 76 valence electrons. The number of halogens is 1. The Bertz CT molecular complexity index is 349. The number of hydrogen-bond donors (Lipinski definition) is 0. The lowest BCUT2D eigenvalue weighted by Gasteiger charge is -2.11. The average molecular weight is 212 g/mol. The maximum Gasteiger partial charge on any atom is 0.161 e. The molecule has 0 saturated heterocycles. The van der Waals surface area contributed by atoms with Crippen molar-refractivity contribution in [2.24, 2.45) is 0 Å². The van der Waals surface area contributed by atoms with Crippen LogP contribution in [-0.4, -0.2) is 10.8 Å². The zero-order valence-corrected chi connectivity index (χ0v) is 9.43. The third kappa shape index (κ3) is 2.32. The highest BCUT2D eigenvalue weighted by Gasteiger charge is 2.14. The molecule has 1 atom stereocenters. The third-order valence-corrected chi connectivity index (χ3v) is 2.55. The van der Waals surface area contributed by atoms with Gasteiger partial charge < -0.3 is 0 Å². The van der Waals surface area contributed by atoms with Gasteiger partial charge in [-0.1, -0.05) is 25.4 Å². The van der Waals surface area contributed by atoms with Crippen molar-refractivity contribution in [1.29, 1.82) is 0 Å². The van der Waals surface area contributed by atoms with Gasteiger partial charge in [0.1, 0.15) is 0 Å². The van der Waals surface area contributed by atoms with Gasteiger partial charge in [0.25, 0.3) is 0 Å². The van der Waals surface area contributed by atoms with Crippen LogP contribution in [0.1, 0.15) is 49.2 Å². The second-order valence-corrected chi connectivity index (χ2v) is 3.89. The van der Waals surface area contributed by atoms with Crippen LogP contribution >= 0.6 is 11.6 Å². The Kier molecular flexibility index (Phi) is 3.64. The zero-order valence-electron chi connectivity index (χ0n) is 8.67. The molecule has 0 aliphatic carbocycles. The van der Waals surface area contributed by atoms with E-state index in [-0.39, 0.29) is 5.78 Å². The standard InChI is InChI=1S/C11H14ClNO/c1-4-7(2)11-10(8(3)14)5-9(12)6-13-11/h5-7H,4H2,1-3H3/t7-/m0/s1. The summed E-state index contributed by atoms with van der Waals surface area (Å²) < 4.78 is 0. The van der Waals surface area contributed by atoms with Crippen LogP contribution in [0.3, 0.4) is 0 Å². The van der Waals surface area contributed by atoms with Gasteiger partial charge >= 0.3 is 0 Å². The van der Waals surface area contributed by atoms with Gasteiger partial charge in [-0.2, -0.15) is 0 Å². The molecule has 0 N–H and O–H groups in total. The molecule has 0 bridgehead atoms. The first-order valence-corrected chi connectivity index (χ1v) is 5.10. The molecule has 0 spiro atoms. The molecule has 2 nitrogen and oxygen atoms in total. The predicted molar refractivity (Wildman–Crippen MR) is 58.0 cm³/mol. The lowest BCUT2D eigenvalue weighted by atomic mass is 9.98. The Balaban J connectivity index is 3.21.